The van der Waals surface area contributed by atoms with E-state index in [0.29, 0.717) is 45.4 Å². The first-order valence-corrected chi connectivity index (χ1v) is 10.4. The van der Waals surface area contributed by atoms with Gasteiger partial charge in [0.1, 0.15) is 10.7 Å². The lowest BCUT2D eigenvalue weighted by Crippen LogP contribution is -2.44. The van der Waals surface area contributed by atoms with Gasteiger partial charge in [0.2, 0.25) is 0 Å². The summed E-state index contributed by atoms with van der Waals surface area (Å²) in [5.74, 6) is 0. The molecular formula is C22H20ClN5O2. The molecule has 4 aromatic rings. The number of halogens is 1. The molecule has 7 nitrogen and oxygen atoms in total. The van der Waals surface area contributed by atoms with Crippen molar-refractivity contribution in [2.75, 3.05) is 25.0 Å². The number of likely N-dealkylation sites (N-methyl/N-ethyl adjacent to an activating group) is 1. The van der Waals surface area contributed by atoms with E-state index in [1.807, 2.05) is 25.1 Å². The molecule has 0 amide bonds. The van der Waals surface area contributed by atoms with Gasteiger partial charge >= 0.3 is 5.63 Å². The molecule has 6 rings (SSSR count). The number of hydrogen-bond donors (Lipinski definition) is 0. The van der Waals surface area contributed by atoms with Gasteiger partial charge in [-0.15, -0.1) is 0 Å². The second kappa shape index (κ2) is 6.30. The fourth-order valence-corrected chi connectivity index (χ4v) is 5.11. The van der Waals surface area contributed by atoms with Crippen LogP contribution in [0.2, 0.25) is 5.15 Å². The maximum Gasteiger partial charge on any atom is 0.345 e. The third kappa shape index (κ3) is 2.66. The summed E-state index contributed by atoms with van der Waals surface area (Å²) in [6, 6.07) is 9.11. The second-order valence-electron chi connectivity index (χ2n) is 8.31. The van der Waals surface area contributed by atoms with Crippen molar-refractivity contribution in [3.05, 3.63) is 57.9 Å². The summed E-state index contributed by atoms with van der Waals surface area (Å²) in [7, 11) is 2.19. The average molecular weight is 422 g/mol. The largest absolute Gasteiger partial charge is 0.422 e. The lowest BCUT2D eigenvalue weighted by molar-refractivity contribution is 0.292. The van der Waals surface area contributed by atoms with Crippen LogP contribution in [-0.2, 0) is 0 Å². The number of aromatic nitrogens is 3. The molecule has 8 heteroatoms. The summed E-state index contributed by atoms with van der Waals surface area (Å²) >= 11 is 6.04. The first-order valence-electron chi connectivity index (χ1n) is 10.0. The molecule has 2 fully saturated rings. The Bertz CT molecular complexity index is 1380. The number of nitrogens with zero attached hydrogens (tertiary/aromatic N) is 5. The van der Waals surface area contributed by atoms with E-state index in [1.165, 1.54) is 6.42 Å². The van der Waals surface area contributed by atoms with E-state index in [1.54, 1.807) is 16.8 Å². The van der Waals surface area contributed by atoms with E-state index in [0.717, 1.165) is 24.2 Å². The molecule has 0 N–H and O–H groups in total. The molecule has 30 heavy (non-hydrogen) atoms. The quantitative estimate of drug-likeness (QED) is 0.462. The fourth-order valence-electron chi connectivity index (χ4n) is 4.88. The van der Waals surface area contributed by atoms with Gasteiger partial charge in [0.15, 0.2) is 5.65 Å². The van der Waals surface area contributed by atoms with Crippen molar-refractivity contribution in [2.24, 2.45) is 0 Å². The summed E-state index contributed by atoms with van der Waals surface area (Å²) in [5, 5.41) is 1.25. The normalized spacial score (nSPS) is 21.4. The zero-order valence-corrected chi connectivity index (χ0v) is 17.4. The molecule has 2 aliphatic rings. The molecule has 152 valence electrons. The monoisotopic (exact) mass is 421 g/mol. The van der Waals surface area contributed by atoms with E-state index in [-0.39, 0.29) is 0 Å². The van der Waals surface area contributed by atoms with Crippen LogP contribution in [0.5, 0.6) is 0 Å². The molecule has 2 aliphatic heterocycles. The zero-order chi connectivity index (χ0) is 20.6. The molecule has 2 bridgehead atoms. The third-order valence-electron chi connectivity index (χ3n) is 6.42. The van der Waals surface area contributed by atoms with Gasteiger partial charge in [-0.2, -0.15) is 0 Å². The van der Waals surface area contributed by atoms with Crippen LogP contribution in [-0.4, -0.2) is 51.5 Å². The summed E-state index contributed by atoms with van der Waals surface area (Å²) < 4.78 is 7.50. The zero-order valence-electron chi connectivity index (χ0n) is 16.7. The van der Waals surface area contributed by atoms with Crippen LogP contribution in [0.15, 0.2) is 45.9 Å². The van der Waals surface area contributed by atoms with Crippen LogP contribution in [0.25, 0.3) is 27.9 Å². The number of likely N-dealkylation sites (tertiary alicyclic amines) is 1. The van der Waals surface area contributed by atoms with Gasteiger partial charge in [-0.1, -0.05) is 11.6 Å². The number of piperazine rings is 1. The van der Waals surface area contributed by atoms with E-state index < -0.39 is 5.63 Å². The molecule has 0 aliphatic carbocycles. The number of hydrogen-bond acceptors (Lipinski definition) is 6. The van der Waals surface area contributed by atoms with Gasteiger partial charge in [0, 0.05) is 54.7 Å². The van der Waals surface area contributed by atoms with Crippen molar-refractivity contribution in [3.8, 4) is 11.3 Å². The van der Waals surface area contributed by atoms with Gasteiger partial charge in [-0.3, -0.25) is 4.90 Å². The summed E-state index contributed by atoms with van der Waals surface area (Å²) in [6.07, 6.45) is 4.65. The topological polar surface area (TPSA) is 66.9 Å². The number of anilines is 1. The minimum atomic E-state index is -0.401. The molecule has 0 unspecified atom stereocenters. The van der Waals surface area contributed by atoms with Crippen LogP contribution in [0.4, 0.5) is 5.69 Å². The third-order valence-corrected chi connectivity index (χ3v) is 6.60. The van der Waals surface area contributed by atoms with Gasteiger partial charge in [0.05, 0.1) is 17.0 Å². The molecule has 0 radical (unpaired) electrons. The maximum atomic E-state index is 12.8. The van der Waals surface area contributed by atoms with Crippen LogP contribution in [0.1, 0.15) is 12.1 Å². The molecule has 0 saturated carbocycles. The Balaban J connectivity index is 1.41. The van der Waals surface area contributed by atoms with E-state index >= 15 is 0 Å². The Kier molecular flexibility index (Phi) is 3.76. The predicted molar refractivity (Wildman–Crippen MR) is 116 cm³/mol. The summed E-state index contributed by atoms with van der Waals surface area (Å²) in [6.45, 7) is 3.94. The first kappa shape index (κ1) is 17.9. The SMILES string of the molecule is Cc1nc(Cl)cn2cc(-c3cc4ccc(N5C[C@@H]6C[C@H]5CN6C)cc4oc3=O)nc12. The number of imidazole rings is 1. The highest BCUT2D eigenvalue weighted by atomic mass is 35.5. The van der Waals surface area contributed by atoms with Crippen LogP contribution >= 0.6 is 11.6 Å². The van der Waals surface area contributed by atoms with Crippen LogP contribution < -0.4 is 10.5 Å². The number of benzene rings is 1. The molecule has 0 spiro atoms. The predicted octanol–water partition coefficient (Wildman–Crippen LogP) is 3.36. The van der Waals surface area contributed by atoms with Crippen LogP contribution in [0, 0.1) is 6.92 Å². The van der Waals surface area contributed by atoms with Gasteiger partial charge < -0.3 is 13.7 Å². The van der Waals surface area contributed by atoms with Crippen LogP contribution in [0.3, 0.4) is 0 Å². The first-order chi connectivity index (χ1) is 14.5. The van der Waals surface area contributed by atoms with Crippen molar-refractivity contribution in [1.82, 2.24) is 19.3 Å². The minimum absolute atomic E-state index is 0.379. The summed E-state index contributed by atoms with van der Waals surface area (Å²) in [4.78, 5) is 26.4. The molecule has 2 atom stereocenters. The Labute approximate surface area is 177 Å². The molecule has 3 aromatic heterocycles. The van der Waals surface area contributed by atoms with Crippen molar-refractivity contribution < 1.29 is 4.42 Å². The molecule has 1 aromatic carbocycles. The highest BCUT2D eigenvalue weighted by molar-refractivity contribution is 6.29. The van der Waals surface area contributed by atoms with Crippen molar-refractivity contribution >= 4 is 33.9 Å². The Morgan fingerprint density at radius 3 is 2.77 bits per heavy atom. The van der Waals surface area contributed by atoms with Crippen molar-refractivity contribution in [3.63, 3.8) is 0 Å². The Morgan fingerprint density at radius 1 is 1.13 bits per heavy atom. The fraction of sp³-hybridized carbons (Fsp3) is 0.318. The Hall–Kier alpha value is -2.90. The van der Waals surface area contributed by atoms with Crippen molar-refractivity contribution in [1.29, 1.82) is 0 Å². The summed E-state index contributed by atoms with van der Waals surface area (Å²) in [5.41, 5.74) is 3.65. The van der Waals surface area contributed by atoms with Crippen molar-refractivity contribution in [2.45, 2.75) is 25.4 Å². The highest BCUT2D eigenvalue weighted by Gasteiger charge is 2.41. The lowest BCUT2D eigenvalue weighted by Gasteiger charge is -2.33. The minimum Gasteiger partial charge on any atom is -0.422 e. The van der Waals surface area contributed by atoms with Gasteiger partial charge in [-0.05, 0) is 38.6 Å². The highest BCUT2D eigenvalue weighted by Crippen LogP contribution is 2.35. The smallest absolute Gasteiger partial charge is 0.345 e. The average Bonchev–Trinajstić information content (AvgIpc) is 3.40. The van der Waals surface area contributed by atoms with E-state index in [4.69, 9.17) is 16.0 Å². The maximum absolute atomic E-state index is 12.8. The molecule has 5 heterocycles. The standard InChI is InChI=1S/C22H20ClN5O2/c1-12-21-25-18(10-27(21)11-20(23)24-12)17-5-13-3-4-14(7-19(13)30-22(17)29)28-9-15-6-16(28)8-26(15)2/h3-5,7,10-11,15-16H,6,8-9H2,1-2H3/t15-,16-/m0/s1. The molecule has 2 saturated heterocycles. The van der Waals surface area contributed by atoms with E-state index in [2.05, 4.69) is 32.9 Å². The number of fused-ring (bicyclic) bond motifs is 4. The second-order valence-corrected chi connectivity index (χ2v) is 8.70. The van der Waals surface area contributed by atoms with E-state index in [9.17, 15) is 4.79 Å². The number of rotatable bonds is 2. The van der Waals surface area contributed by atoms with Gasteiger partial charge in [0.25, 0.3) is 0 Å². The molecular weight excluding hydrogens is 402 g/mol. The lowest BCUT2D eigenvalue weighted by atomic mass is 10.1. The van der Waals surface area contributed by atoms with Gasteiger partial charge in [-0.25, -0.2) is 14.8 Å². The Morgan fingerprint density at radius 2 is 2.00 bits per heavy atom. The number of aryl methyl sites for hydroxylation is 1.